The minimum Gasteiger partial charge on any atom is -0.354 e. The van der Waals surface area contributed by atoms with Gasteiger partial charge in [-0.3, -0.25) is 0 Å². The Morgan fingerprint density at radius 2 is 2.00 bits per heavy atom. The number of anilines is 1. The maximum absolute atomic E-state index is 6.08. The summed E-state index contributed by atoms with van der Waals surface area (Å²) in [5.74, 6) is 1.79. The first-order valence-electron chi connectivity index (χ1n) is 6.92. The van der Waals surface area contributed by atoms with Gasteiger partial charge in [-0.25, -0.2) is 9.97 Å². The van der Waals surface area contributed by atoms with Crippen molar-refractivity contribution in [2.45, 2.75) is 59.4 Å². The molecule has 102 valence electrons. The lowest BCUT2D eigenvalue weighted by Gasteiger charge is -2.30. The molecule has 0 amide bonds. The lowest BCUT2D eigenvalue weighted by atomic mass is 10.2. The van der Waals surface area contributed by atoms with Gasteiger partial charge in [0.2, 0.25) is 0 Å². The fourth-order valence-electron chi connectivity index (χ4n) is 1.87. The number of unbranched alkanes of at least 4 members (excludes halogenated alkanes) is 1. The van der Waals surface area contributed by atoms with Crippen LogP contribution in [-0.4, -0.2) is 22.6 Å². The molecule has 1 heterocycles. The topological polar surface area (TPSA) is 29.0 Å². The quantitative estimate of drug-likeness (QED) is 0.698. The van der Waals surface area contributed by atoms with Crippen LogP contribution in [0, 0.1) is 0 Å². The Hall–Kier alpha value is -0.830. The Morgan fingerprint density at radius 1 is 1.28 bits per heavy atom. The maximum Gasteiger partial charge on any atom is 0.134 e. The minimum absolute atomic E-state index is 0.479. The van der Waals surface area contributed by atoms with Gasteiger partial charge in [-0.1, -0.05) is 38.8 Å². The van der Waals surface area contributed by atoms with E-state index in [1.54, 1.807) is 0 Å². The van der Waals surface area contributed by atoms with Crippen LogP contribution in [0.4, 0.5) is 5.82 Å². The molecule has 0 spiro atoms. The zero-order valence-corrected chi connectivity index (χ0v) is 12.7. The maximum atomic E-state index is 6.08. The summed E-state index contributed by atoms with van der Waals surface area (Å²) in [5.41, 5.74) is 0. The molecule has 1 aromatic heterocycles. The van der Waals surface area contributed by atoms with Crippen LogP contribution >= 0.6 is 11.6 Å². The van der Waals surface area contributed by atoms with Crippen molar-refractivity contribution in [3.05, 3.63) is 17.0 Å². The third-order valence-corrected chi connectivity index (χ3v) is 3.41. The second-order valence-electron chi connectivity index (χ2n) is 4.62. The number of rotatable bonds is 7. The second-order valence-corrected chi connectivity index (χ2v) is 5.01. The van der Waals surface area contributed by atoms with Crippen molar-refractivity contribution in [1.29, 1.82) is 0 Å². The predicted octanol–water partition coefficient (Wildman–Crippen LogP) is 4.10. The highest BCUT2D eigenvalue weighted by Gasteiger charge is 2.15. The molecular formula is C14H24ClN3. The van der Waals surface area contributed by atoms with E-state index in [1.165, 1.54) is 12.8 Å². The molecule has 0 fully saturated rings. The predicted molar refractivity (Wildman–Crippen MR) is 78.4 cm³/mol. The highest BCUT2D eigenvalue weighted by Crippen LogP contribution is 2.20. The lowest BCUT2D eigenvalue weighted by molar-refractivity contribution is 0.587. The smallest absolute Gasteiger partial charge is 0.134 e. The third kappa shape index (κ3) is 4.13. The molecule has 0 aliphatic rings. The first-order valence-corrected chi connectivity index (χ1v) is 7.30. The van der Waals surface area contributed by atoms with Gasteiger partial charge in [0.25, 0.3) is 0 Å². The van der Waals surface area contributed by atoms with Crippen molar-refractivity contribution in [3.8, 4) is 0 Å². The molecule has 0 aliphatic carbocycles. The molecule has 0 aliphatic heterocycles. The number of hydrogen-bond donors (Lipinski definition) is 0. The molecule has 0 saturated heterocycles. The van der Waals surface area contributed by atoms with E-state index in [1.807, 2.05) is 6.07 Å². The van der Waals surface area contributed by atoms with E-state index < -0.39 is 0 Å². The Morgan fingerprint density at radius 3 is 2.56 bits per heavy atom. The van der Waals surface area contributed by atoms with Gasteiger partial charge in [0.15, 0.2) is 0 Å². The van der Waals surface area contributed by atoms with Gasteiger partial charge >= 0.3 is 0 Å². The van der Waals surface area contributed by atoms with Crippen LogP contribution in [0.3, 0.4) is 0 Å². The van der Waals surface area contributed by atoms with E-state index in [0.29, 0.717) is 11.2 Å². The first-order chi connectivity index (χ1) is 8.62. The summed E-state index contributed by atoms with van der Waals surface area (Å²) in [6.45, 7) is 9.72. The Labute approximate surface area is 116 Å². The van der Waals surface area contributed by atoms with Crippen molar-refractivity contribution in [3.63, 3.8) is 0 Å². The van der Waals surface area contributed by atoms with Gasteiger partial charge in [-0.05, 0) is 19.8 Å². The summed E-state index contributed by atoms with van der Waals surface area (Å²) < 4.78 is 0. The van der Waals surface area contributed by atoms with Crippen molar-refractivity contribution in [2.24, 2.45) is 0 Å². The third-order valence-electron chi connectivity index (χ3n) is 3.21. The van der Waals surface area contributed by atoms with Crippen molar-refractivity contribution >= 4 is 17.4 Å². The van der Waals surface area contributed by atoms with Crippen molar-refractivity contribution < 1.29 is 0 Å². The summed E-state index contributed by atoms with van der Waals surface area (Å²) in [5, 5.41) is 0.543. The number of halogens is 1. The minimum atomic E-state index is 0.479. The second kappa shape index (κ2) is 7.57. The number of aryl methyl sites for hydroxylation is 1. The van der Waals surface area contributed by atoms with E-state index in [2.05, 4.69) is 42.6 Å². The molecule has 1 rings (SSSR count). The molecule has 4 heteroatoms. The first kappa shape index (κ1) is 15.2. The Bertz CT molecular complexity index is 368. The van der Waals surface area contributed by atoms with Crippen LogP contribution in [0.15, 0.2) is 6.07 Å². The average molecular weight is 270 g/mol. The van der Waals surface area contributed by atoms with Gasteiger partial charge < -0.3 is 4.90 Å². The van der Waals surface area contributed by atoms with Gasteiger partial charge in [0.1, 0.15) is 16.8 Å². The fraction of sp³-hybridized carbons (Fsp3) is 0.714. The van der Waals surface area contributed by atoms with Gasteiger partial charge in [-0.15, -0.1) is 0 Å². The number of aromatic nitrogens is 2. The molecule has 3 nitrogen and oxygen atoms in total. The summed E-state index contributed by atoms with van der Waals surface area (Å²) in [4.78, 5) is 11.2. The van der Waals surface area contributed by atoms with Crippen molar-refractivity contribution in [2.75, 3.05) is 11.4 Å². The average Bonchev–Trinajstić information content (AvgIpc) is 2.38. The zero-order chi connectivity index (χ0) is 13.5. The molecule has 0 bridgehead atoms. The van der Waals surface area contributed by atoms with E-state index in [-0.39, 0.29) is 0 Å². The standard InChI is InChI=1S/C14H24ClN3/c1-5-8-9-18(11(4)6-2)14-10-12(15)16-13(7-3)17-14/h10-11H,5-9H2,1-4H3. The van der Waals surface area contributed by atoms with Gasteiger partial charge in [-0.2, -0.15) is 0 Å². The largest absolute Gasteiger partial charge is 0.354 e. The summed E-state index contributed by atoms with van der Waals surface area (Å²) >= 11 is 6.08. The van der Waals surface area contributed by atoms with E-state index in [9.17, 15) is 0 Å². The Kier molecular flexibility index (Phi) is 6.41. The molecule has 0 aromatic carbocycles. The molecule has 1 aromatic rings. The normalized spacial score (nSPS) is 12.5. The van der Waals surface area contributed by atoms with Gasteiger partial charge in [0.05, 0.1) is 0 Å². The fourth-order valence-corrected chi connectivity index (χ4v) is 2.06. The molecule has 1 unspecified atom stereocenters. The number of hydrogen-bond acceptors (Lipinski definition) is 3. The van der Waals surface area contributed by atoms with Crippen LogP contribution in [0.2, 0.25) is 5.15 Å². The van der Waals surface area contributed by atoms with Crippen LogP contribution in [0.5, 0.6) is 0 Å². The van der Waals surface area contributed by atoms with Crippen LogP contribution < -0.4 is 4.90 Å². The molecule has 0 saturated carbocycles. The van der Waals surface area contributed by atoms with Crippen LogP contribution in [0.25, 0.3) is 0 Å². The molecule has 18 heavy (non-hydrogen) atoms. The SMILES string of the molecule is CCCCN(c1cc(Cl)nc(CC)n1)C(C)CC. The molecular weight excluding hydrogens is 246 g/mol. The summed E-state index contributed by atoms with van der Waals surface area (Å²) in [7, 11) is 0. The highest BCUT2D eigenvalue weighted by atomic mass is 35.5. The molecule has 1 atom stereocenters. The Balaban J connectivity index is 2.99. The van der Waals surface area contributed by atoms with Crippen LogP contribution in [0.1, 0.15) is 52.8 Å². The summed E-state index contributed by atoms with van der Waals surface area (Å²) in [6, 6.07) is 2.36. The molecule has 0 radical (unpaired) electrons. The lowest BCUT2D eigenvalue weighted by Crippen LogP contribution is -2.34. The highest BCUT2D eigenvalue weighted by molar-refractivity contribution is 6.29. The van der Waals surface area contributed by atoms with Crippen molar-refractivity contribution in [1.82, 2.24) is 9.97 Å². The summed E-state index contributed by atoms with van der Waals surface area (Å²) in [6.07, 6.45) is 4.28. The zero-order valence-electron chi connectivity index (χ0n) is 11.9. The van der Waals surface area contributed by atoms with E-state index >= 15 is 0 Å². The van der Waals surface area contributed by atoms with E-state index in [4.69, 9.17) is 11.6 Å². The van der Waals surface area contributed by atoms with Gasteiger partial charge in [0, 0.05) is 25.1 Å². The van der Waals surface area contributed by atoms with E-state index in [0.717, 1.165) is 31.0 Å². The van der Waals surface area contributed by atoms with Crippen LogP contribution in [-0.2, 0) is 6.42 Å². The monoisotopic (exact) mass is 269 g/mol. The molecule has 0 N–H and O–H groups in total. The number of nitrogens with zero attached hydrogens (tertiary/aromatic N) is 3.